The van der Waals surface area contributed by atoms with Gasteiger partial charge in [-0.2, -0.15) is 0 Å². The van der Waals surface area contributed by atoms with Gasteiger partial charge < -0.3 is 9.80 Å². The third-order valence-corrected chi connectivity index (χ3v) is 4.66. The number of benzene rings is 1. The van der Waals surface area contributed by atoms with Gasteiger partial charge in [0.25, 0.3) is 5.91 Å². The van der Waals surface area contributed by atoms with Crippen molar-refractivity contribution in [3.63, 3.8) is 0 Å². The molecule has 0 saturated carbocycles. The van der Waals surface area contributed by atoms with E-state index in [1.165, 1.54) is 0 Å². The van der Waals surface area contributed by atoms with Crippen LogP contribution in [-0.2, 0) is 4.79 Å². The fourth-order valence-electron chi connectivity index (χ4n) is 2.89. The molecular weight excluding hydrogens is 350 g/mol. The molecule has 0 spiro atoms. The smallest absolute Gasteiger partial charge is 0.255 e. The zero-order valence-corrected chi connectivity index (χ0v) is 15.1. The van der Waals surface area contributed by atoms with Crippen LogP contribution < -0.4 is 0 Å². The van der Waals surface area contributed by atoms with E-state index in [2.05, 4.69) is 4.98 Å². The van der Waals surface area contributed by atoms with Crippen molar-refractivity contribution in [3.8, 4) is 0 Å². The topological polar surface area (TPSA) is 53.5 Å². The second-order valence-corrected chi connectivity index (χ2v) is 6.47. The van der Waals surface area contributed by atoms with E-state index in [4.69, 9.17) is 11.6 Å². The number of pyridine rings is 1. The molecule has 134 valence electrons. The molecule has 1 fully saturated rings. The lowest BCUT2D eigenvalue weighted by Crippen LogP contribution is -2.36. The maximum atomic E-state index is 12.5. The summed E-state index contributed by atoms with van der Waals surface area (Å²) in [6.45, 7) is 2.28. The number of hydrogen-bond acceptors (Lipinski definition) is 3. The second kappa shape index (κ2) is 8.63. The summed E-state index contributed by atoms with van der Waals surface area (Å²) in [4.78, 5) is 32.5. The molecule has 2 aromatic rings. The van der Waals surface area contributed by atoms with Crippen molar-refractivity contribution in [1.29, 1.82) is 0 Å². The zero-order valence-electron chi connectivity index (χ0n) is 14.3. The summed E-state index contributed by atoms with van der Waals surface area (Å²) < 4.78 is 0. The van der Waals surface area contributed by atoms with Gasteiger partial charge >= 0.3 is 0 Å². The van der Waals surface area contributed by atoms with Gasteiger partial charge in [-0.05, 0) is 36.3 Å². The molecule has 3 rings (SSSR count). The molecule has 2 heterocycles. The summed E-state index contributed by atoms with van der Waals surface area (Å²) in [6, 6.07) is 10.9. The van der Waals surface area contributed by atoms with E-state index in [1.54, 1.807) is 52.5 Å². The normalized spacial score (nSPS) is 15.1. The maximum absolute atomic E-state index is 12.5. The number of hydrogen-bond donors (Lipinski definition) is 0. The highest BCUT2D eigenvalue weighted by Gasteiger charge is 2.21. The minimum atomic E-state index is -0.0689. The summed E-state index contributed by atoms with van der Waals surface area (Å²) in [5, 5.41) is 0.612. The second-order valence-electron chi connectivity index (χ2n) is 6.07. The number of rotatable bonds is 3. The van der Waals surface area contributed by atoms with Crippen molar-refractivity contribution in [2.75, 3.05) is 26.2 Å². The van der Waals surface area contributed by atoms with Gasteiger partial charge in [0.05, 0.1) is 5.56 Å². The van der Waals surface area contributed by atoms with E-state index in [0.717, 1.165) is 12.0 Å². The van der Waals surface area contributed by atoms with Crippen molar-refractivity contribution in [2.45, 2.75) is 6.42 Å². The maximum Gasteiger partial charge on any atom is 0.255 e. The van der Waals surface area contributed by atoms with Crippen molar-refractivity contribution in [1.82, 2.24) is 14.8 Å². The van der Waals surface area contributed by atoms with E-state index in [-0.39, 0.29) is 11.8 Å². The lowest BCUT2D eigenvalue weighted by atomic mass is 10.2. The minimum absolute atomic E-state index is 0.0426. The van der Waals surface area contributed by atoms with Gasteiger partial charge in [-0.25, -0.2) is 0 Å². The molecule has 0 bridgehead atoms. The fraction of sp³-hybridized carbons (Fsp3) is 0.250. The summed E-state index contributed by atoms with van der Waals surface area (Å²) in [6.07, 6.45) is 7.24. The summed E-state index contributed by atoms with van der Waals surface area (Å²) >= 11 is 6.11. The number of nitrogens with zero attached hydrogens (tertiary/aromatic N) is 3. The monoisotopic (exact) mass is 369 g/mol. The Kier molecular flexibility index (Phi) is 6.02. The Bertz CT molecular complexity index is 808. The van der Waals surface area contributed by atoms with Crippen molar-refractivity contribution in [3.05, 3.63) is 71.0 Å². The van der Waals surface area contributed by atoms with Crippen LogP contribution >= 0.6 is 11.6 Å². The molecule has 5 nitrogen and oxygen atoms in total. The first-order valence-electron chi connectivity index (χ1n) is 8.56. The molecule has 1 aromatic carbocycles. The lowest BCUT2D eigenvalue weighted by Gasteiger charge is -2.21. The van der Waals surface area contributed by atoms with Crippen LogP contribution in [-0.4, -0.2) is 52.8 Å². The van der Waals surface area contributed by atoms with Crippen molar-refractivity contribution in [2.24, 2.45) is 0 Å². The van der Waals surface area contributed by atoms with Crippen LogP contribution in [0.3, 0.4) is 0 Å². The Labute approximate surface area is 157 Å². The van der Waals surface area contributed by atoms with Crippen LogP contribution in [0.5, 0.6) is 0 Å². The molecule has 0 N–H and O–H groups in total. The summed E-state index contributed by atoms with van der Waals surface area (Å²) in [5.74, 6) is -0.111. The average molecular weight is 370 g/mol. The van der Waals surface area contributed by atoms with E-state index < -0.39 is 0 Å². The van der Waals surface area contributed by atoms with Crippen molar-refractivity contribution >= 4 is 29.5 Å². The Hall–Kier alpha value is -2.66. The highest BCUT2D eigenvalue weighted by Crippen LogP contribution is 2.16. The molecule has 1 aromatic heterocycles. The molecule has 6 heteroatoms. The molecule has 1 aliphatic rings. The third kappa shape index (κ3) is 4.49. The molecule has 1 saturated heterocycles. The van der Waals surface area contributed by atoms with Crippen LogP contribution in [0, 0.1) is 0 Å². The van der Waals surface area contributed by atoms with Gasteiger partial charge in [0.15, 0.2) is 0 Å². The molecule has 26 heavy (non-hydrogen) atoms. The van der Waals surface area contributed by atoms with E-state index >= 15 is 0 Å². The highest BCUT2D eigenvalue weighted by molar-refractivity contribution is 6.32. The molecule has 0 unspecified atom stereocenters. The number of carbonyl (C=O) groups excluding carboxylic acids is 2. The first kappa shape index (κ1) is 18.1. The largest absolute Gasteiger partial charge is 0.337 e. The summed E-state index contributed by atoms with van der Waals surface area (Å²) in [7, 11) is 0. The predicted molar refractivity (Wildman–Crippen MR) is 102 cm³/mol. The van der Waals surface area contributed by atoms with E-state index in [1.807, 2.05) is 18.2 Å². The summed E-state index contributed by atoms with van der Waals surface area (Å²) in [5.41, 5.74) is 1.39. The predicted octanol–water partition coefficient (Wildman–Crippen LogP) is 3.12. The van der Waals surface area contributed by atoms with E-state index in [9.17, 15) is 9.59 Å². The van der Waals surface area contributed by atoms with Gasteiger partial charge in [0.1, 0.15) is 0 Å². The van der Waals surface area contributed by atoms with E-state index in [0.29, 0.717) is 36.8 Å². The standard InChI is InChI=1S/C20H20ClN3O2/c21-18-7-2-1-5-16(18)8-9-19(25)23-11-4-12-24(14-13-23)20(26)17-6-3-10-22-15-17/h1-3,5-10,15H,4,11-14H2/b9-8+. The Morgan fingerprint density at radius 3 is 2.54 bits per heavy atom. The van der Waals surface area contributed by atoms with Crippen molar-refractivity contribution < 1.29 is 9.59 Å². The number of halogens is 1. The van der Waals surface area contributed by atoms with Gasteiger partial charge in [-0.1, -0.05) is 29.8 Å². The lowest BCUT2D eigenvalue weighted by molar-refractivity contribution is -0.125. The Balaban J connectivity index is 1.60. The zero-order chi connectivity index (χ0) is 18.4. The van der Waals surface area contributed by atoms with Gasteiger partial charge in [0.2, 0.25) is 5.91 Å². The number of carbonyl (C=O) groups is 2. The Morgan fingerprint density at radius 1 is 1.00 bits per heavy atom. The van der Waals surface area contributed by atoms with Gasteiger partial charge in [0, 0.05) is 49.7 Å². The molecular formula is C20H20ClN3O2. The SMILES string of the molecule is O=C(/C=C/c1ccccc1Cl)N1CCCN(C(=O)c2cccnc2)CC1. The van der Waals surface area contributed by atoms with Crippen LogP contribution in [0.4, 0.5) is 0 Å². The van der Waals surface area contributed by atoms with Crippen LogP contribution in [0.1, 0.15) is 22.3 Å². The van der Waals surface area contributed by atoms with Gasteiger partial charge in [-0.3, -0.25) is 14.6 Å². The molecule has 0 atom stereocenters. The van der Waals surface area contributed by atoms with Crippen LogP contribution in [0.2, 0.25) is 5.02 Å². The Morgan fingerprint density at radius 2 is 1.77 bits per heavy atom. The average Bonchev–Trinajstić information content (AvgIpc) is 2.93. The molecule has 2 amide bonds. The minimum Gasteiger partial charge on any atom is -0.337 e. The number of amides is 2. The quantitative estimate of drug-likeness (QED) is 0.781. The molecule has 0 aliphatic carbocycles. The first-order chi connectivity index (χ1) is 12.6. The first-order valence-corrected chi connectivity index (χ1v) is 8.94. The highest BCUT2D eigenvalue weighted by atomic mass is 35.5. The van der Waals surface area contributed by atoms with Crippen LogP contribution in [0.15, 0.2) is 54.9 Å². The molecule has 1 aliphatic heterocycles. The third-order valence-electron chi connectivity index (χ3n) is 4.31. The van der Waals surface area contributed by atoms with Crippen LogP contribution in [0.25, 0.3) is 6.08 Å². The van der Waals surface area contributed by atoms with Gasteiger partial charge in [-0.15, -0.1) is 0 Å². The fourth-order valence-corrected chi connectivity index (χ4v) is 3.09. The number of aromatic nitrogens is 1. The molecule has 0 radical (unpaired) electrons.